The number of sulfonamides is 1. The lowest BCUT2D eigenvalue weighted by molar-refractivity contribution is -0.144. The molecular formula is C16H20N2O5S. The average molecular weight is 352 g/mol. The number of amides is 1. The van der Waals surface area contributed by atoms with Crippen molar-refractivity contribution in [2.24, 2.45) is 0 Å². The second kappa shape index (κ2) is 6.08. The highest BCUT2D eigenvalue weighted by Crippen LogP contribution is 2.31. The molecule has 7 nitrogen and oxygen atoms in total. The molecule has 0 aromatic heterocycles. The van der Waals surface area contributed by atoms with E-state index >= 15 is 0 Å². The summed E-state index contributed by atoms with van der Waals surface area (Å²) in [7, 11) is -3.32. The quantitative estimate of drug-likeness (QED) is 0.851. The van der Waals surface area contributed by atoms with Gasteiger partial charge in [0, 0.05) is 12.1 Å². The minimum Gasteiger partial charge on any atom is -0.480 e. The zero-order valence-corrected chi connectivity index (χ0v) is 14.0. The lowest BCUT2D eigenvalue weighted by atomic mass is 9.97. The first-order valence-electron chi connectivity index (χ1n) is 8.00. The summed E-state index contributed by atoms with van der Waals surface area (Å²) in [6.07, 6.45) is 2.90. The number of anilines is 1. The van der Waals surface area contributed by atoms with E-state index in [1.165, 1.54) is 10.4 Å². The van der Waals surface area contributed by atoms with Crippen LogP contribution < -0.4 is 9.62 Å². The molecule has 0 unspecified atom stereocenters. The molecule has 1 aromatic rings. The van der Waals surface area contributed by atoms with E-state index in [1.54, 1.807) is 18.2 Å². The molecule has 1 aromatic carbocycles. The molecule has 1 aliphatic carbocycles. The molecule has 3 rings (SSSR count). The van der Waals surface area contributed by atoms with E-state index in [-0.39, 0.29) is 11.3 Å². The Morgan fingerprint density at radius 1 is 1.17 bits per heavy atom. The number of rotatable bonds is 4. The van der Waals surface area contributed by atoms with Gasteiger partial charge in [-0.3, -0.25) is 9.10 Å². The Morgan fingerprint density at radius 3 is 2.46 bits per heavy atom. The topological polar surface area (TPSA) is 104 Å². The fourth-order valence-electron chi connectivity index (χ4n) is 3.39. The highest BCUT2D eigenvalue weighted by molar-refractivity contribution is 7.93. The van der Waals surface area contributed by atoms with Crippen molar-refractivity contribution in [1.29, 1.82) is 0 Å². The number of hydrogen-bond donors (Lipinski definition) is 2. The first kappa shape index (κ1) is 16.8. The molecule has 2 N–H and O–H groups in total. The van der Waals surface area contributed by atoms with Gasteiger partial charge in [0.15, 0.2) is 0 Å². The Morgan fingerprint density at radius 2 is 1.88 bits per heavy atom. The van der Waals surface area contributed by atoms with Crippen molar-refractivity contribution in [2.75, 3.05) is 16.6 Å². The van der Waals surface area contributed by atoms with Crippen LogP contribution in [0.2, 0.25) is 0 Å². The molecule has 2 fully saturated rings. The van der Waals surface area contributed by atoms with Crippen LogP contribution in [-0.4, -0.2) is 43.2 Å². The minimum absolute atomic E-state index is 0.103. The van der Waals surface area contributed by atoms with Crippen molar-refractivity contribution in [2.45, 2.75) is 37.6 Å². The van der Waals surface area contributed by atoms with E-state index < -0.39 is 27.4 Å². The second-order valence-electron chi connectivity index (χ2n) is 6.34. The summed E-state index contributed by atoms with van der Waals surface area (Å²) < 4.78 is 25.3. The smallest absolute Gasteiger partial charge is 0.329 e. The number of carboxylic acids is 1. The van der Waals surface area contributed by atoms with Gasteiger partial charge in [0.05, 0.1) is 11.4 Å². The molecule has 1 saturated heterocycles. The van der Waals surface area contributed by atoms with Gasteiger partial charge in [-0.25, -0.2) is 13.2 Å². The van der Waals surface area contributed by atoms with Gasteiger partial charge >= 0.3 is 5.97 Å². The molecule has 8 heteroatoms. The Hall–Kier alpha value is -2.09. The first-order chi connectivity index (χ1) is 11.3. The number of hydrogen-bond acceptors (Lipinski definition) is 4. The Kier molecular flexibility index (Phi) is 4.25. The summed E-state index contributed by atoms with van der Waals surface area (Å²) in [5.41, 5.74) is -0.509. The largest absolute Gasteiger partial charge is 0.480 e. The van der Waals surface area contributed by atoms with Crippen LogP contribution in [0.1, 0.15) is 42.5 Å². The second-order valence-corrected chi connectivity index (χ2v) is 8.35. The molecule has 0 bridgehead atoms. The number of carbonyl (C=O) groups excluding carboxylic acids is 1. The van der Waals surface area contributed by atoms with Crippen molar-refractivity contribution in [3.63, 3.8) is 0 Å². The van der Waals surface area contributed by atoms with Gasteiger partial charge in [-0.1, -0.05) is 18.9 Å². The van der Waals surface area contributed by atoms with E-state index in [0.717, 1.165) is 12.8 Å². The number of nitrogens with zero attached hydrogens (tertiary/aromatic N) is 1. The SMILES string of the molecule is O=C(NC1(C(=O)O)CCCC1)c1cccc(N2CCCS2(=O)=O)c1. The van der Waals surface area contributed by atoms with Gasteiger partial charge in [-0.15, -0.1) is 0 Å². The van der Waals surface area contributed by atoms with Crippen molar-refractivity contribution in [3.8, 4) is 0 Å². The van der Waals surface area contributed by atoms with Crippen LogP contribution in [0.4, 0.5) is 5.69 Å². The van der Waals surface area contributed by atoms with E-state index in [0.29, 0.717) is 31.5 Å². The van der Waals surface area contributed by atoms with E-state index in [4.69, 9.17) is 0 Å². The maximum atomic E-state index is 12.5. The molecule has 24 heavy (non-hydrogen) atoms. The van der Waals surface area contributed by atoms with Crippen LogP contribution in [0.5, 0.6) is 0 Å². The van der Waals surface area contributed by atoms with Gasteiger partial charge in [-0.2, -0.15) is 0 Å². The molecule has 130 valence electrons. The number of carbonyl (C=O) groups is 2. The average Bonchev–Trinajstić information content (AvgIpc) is 3.14. The predicted octanol–water partition coefficient (Wildman–Crippen LogP) is 1.35. The molecular weight excluding hydrogens is 332 g/mol. The number of aliphatic carboxylic acids is 1. The van der Waals surface area contributed by atoms with Crippen LogP contribution in [0.25, 0.3) is 0 Å². The third-order valence-electron chi connectivity index (χ3n) is 4.71. The van der Waals surface area contributed by atoms with Crippen LogP contribution in [0.3, 0.4) is 0 Å². The zero-order valence-electron chi connectivity index (χ0n) is 13.2. The summed E-state index contributed by atoms with van der Waals surface area (Å²) in [6, 6.07) is 6.32. The van der Waals surface area contributed by atoms with Crippen LogP contribution in [-0.2, 0) is 14.8 Å². The number of carboxylic acid groups (broad SMARTS) is 1. The van der Waals surface area contributed by atoms with Crippen molar-refractivity contribution in [1.82, 2.24) is 5.32 Å². The third-order valence-corrected chi connectivity index (χ3v) is 6.58. The van der Waals surface area contributed by atoms with Crippen LogP contribution >= 0.6 is 0 Å². The minimum atomic E-state index is -3.32. The van der Waals surface area contributed by atoms with Gasteiger partial charge in [0.25, 0.3) is 5.91 Å². The Bertz CT molecular complexity index is 768. The first-order valence-corrected chi connectivity index (χ1v) is 9.61. The van der Waals surface area contributed by atoms with Crippen molar-refractivity contribution >= 4 is 27.6 Å². The summed E-state index contributed by atoms with van der Waals surface area (Å²) in [6.45, 7) is 0.395. The molecule has 1 amide bonds. The molecule has 1 aliphatic heterocycles. The number of benzene rings is 1. The molecule has 0 spiro atoms. The fraction of sp³-hybridized carbons (Fsp3) is 0.500. The van der Waals surface area contributed by atoms with Crippen LogP contribution in [0.15, 0.2) is 24.3 Å². The highest BCUT2D eigenvalue weighted by Gasteiger charge is 2.42. The summed E-state index contributed by atoms with van der Waals surface area (Å²) in [5, 5.41) is 12.1. The zero-order chi connectivity index (χ0) is 17.4. The predicted molar refractivity (Wildman–Crippen MR) is 88.5 cm³/mol. The van der Waals surface area contributed by atoms with E-state index in [9.17, 15) is 23.1 Å². The Labute approximate surface area is 140 Å². The highest BCUT2D eigenvalue weighted by atomic mass is 32.2. The molecule has 1 saturated carbocycles. The van der Waals surface area contributed by atoms with Gasteiger partial charge in [0.1, 0.15) is 5.54 Å². The fourth-order valence-corrected chi connectivity index (χ4v) is 4.95. The maximum Gasteiger partial charge on any atom is 0.329 e. The van der Waals surface area contributed by atoms with E-state index in [1.807, 2.05) is 0 Å². The molecule has 2 aliphatic rings. The lowest BCUT2D eigenvalue weighted by Gasteiger charge is -2.25. The van der Waals surface area contributed by atoms with Crippen molar-refractivity contribution < 1.29 is 23.1 Å². The van der Waals surface area contributed by atoms with Gasteiger partial charge < -0.3 is 10.4 Å². The van der Waals surface area contributed by atoms with Gasteiger partial charge in [0.2, 0.25) is 10.0 Å². The van der Waals surface area contributed by atoms with Crippen LogP contribution in [0, 0.1) is 0 Å². The lowest BCUT2D eigenvalue weighted by Crippen LogP contribution is -2.52. The Balaban J connectivity index is 1.84. The maximum absolute atomic E-state index is 12.5. The summed E-state index contributed by atoms with van der Waals surface area (Å²) in [5.74, 6) is -1.41. The van der Waals surface area contributed by atoms with E-state index in [2.05, 4.69) is 5.32 Å². The third kappa shape index (κ3) is 2.98. The normalized spacial score (nSPS) is 21.6. The monoisotopic (exact) mass is 352 g/mol. The van der Waals surface area contributed by atoms with Gasteiger partial charge in [-0.05, 0) is 37.5 Å². The summed E-state index contributed by atoms with van der Waals surface area (Å²) >= 11 is 0. The van der Waals surface area contributed by atoms with Crippen molar-refractivity contribution in [3.05, 3.63) is 29.8 Å². The summed E-state index contributed by atoms with van der Waals surface area (Å²) in [4.78, 5) is 24.0. The molecule has 0 radical (unpaired) electrons. The molecule has 1 heterocycles. The number of nitrogens with one attached hydrogen (secondary N) is 1. The standard InChI is InChI=1S/C16H20N2O5S/c19-14(17-16(15(20)21)7-1-2-8-16)12-5-3-6-13(11-12)18-9-4-10-24(18,22)23/h3,5-6,11H,1-2,4,7-10H2,(H,17,19)(H,20,21). The molecule has 0 atom stereocenters.